The fraction of sp³-hybridized carbons (Fsp3) is 0.381. The molecule has 2 aromatic rings. The summed E-state index contributed by atoms with van der Waals surface area (Å²) in [4.78, 5) is 13.0. The lowest BCUT2D eigenvalue weighted by atomic mass is 9.87. The maximum Gasteiger partial charge on any atom is 0.211 e. The molecule has 3 nitrogen and oxygen atoms in total. The first-order chi connectivity index (χ1) is 11.5. The Balaban J connectivity index is 1.81. The van der Waals surface area contributed by atoms with E-state index in [1.807, 2.05) is 12.1 Å². The van der Waals surface area contributed by atoms with Gasteiger partial charge in [-0.1, -0.05) is 45.0 Å². The Morgan fingerprint density at radius 3 is 2.29 bits per heavy atom. The Hall–Kier alpha value is -2.29. The molecule has 24 heavy (non-hydrogen) atoms. The fourth-order valence-electron chi connectivity index (χ4n) is 3.44. The van der Waals surface area contributed by atoms with E-state index in [4.69, 9.17) is 0 Å². The molecule has 1 aliphatic heterocycles. The predicted octanol–water partition coefficient (Wildman–Crippen LogP) is 4.89. The molecule has 0 spiro atoms. The van der Waals surface area contributed by atoms with Crippen LogP contribution in [0, 0.1) is 0 Å². The maximum atomic E-state index is 10.5. The van der Waals surface area contributed by atoms with Gasteiger partial charge in [0.15, 0.2) is 0 Å². The van der Waals surface area contributed by atoms with E-state index in [0.29, 0.717) is 12.5 Å². The van der Waals surface area contributed by atoms with Gasteiger partial charge in [-0.3, -0.25) is 4.79 Å². The first-order valence-electron chi connectivity index (χ1n) is 8.66. The maximum absolute atomic E-state index is 10.5. The van der Waals surface area contributed by atoms with Crippen molar-refractivity contribution in [2.75, 3.05) is 16.8 Å². The normalized spacial score (nSPS) is 17.8. The molecule has 0 unspecified atom stereocenters. The van der Waals surface area contributed by atoms with Gasteiger partial charge in [-0.2, -0.15) is 0 Å². The Bertz CT molecular complexity index is 683. The average Bonchev–Trinajstić information content (AvgIpc) is 3.05. The third-order valence-corrected chi connectivity index (χ3v) is 4.84. The number of rotatable bonds is 4. The molecule has 0 aliphatic carbocycles. The van der Waals surface area contributed by atoms with Crippen LogP contribution in [0.25, 0.3) is 0 Å². The lowest BCUT2D eigenvalue weighted by Crippen LogP contribution is -2.22. The molecule has 3 rings (SSSR count). The molecule has 1 N–H and O–H groups in total. The van der Waals surface area contributed by atoms with Crippen LogP contribution in [0.2, 0.25) is 0 Å². The van der Waals surface area contributed by atoms with E-state index in [1.54, 1.807) is 0 Å². The summed E-state index contributed by atoms with van der Waals surface area (Å²) in [6.45, 7) is 7.83. The second-order valence-corrected chi connectivity index (χ2v) is 7.53. The Morgan fingerprint density at radius 1 is 1.04 bits per heavy atom. The molecule has 0 bridgehead atoms. The van der Waals surface area contributed by atoms with Crippen molar-refractivity contribution in [3.8, 4) is 0 Å². The minimum Gasteiger partial charge on any atom is -0.364 e. The quantitative estimate of drug-likeness (QED) is 0.813. The van der Waals surface area contributed by atoms with Gasteiger partial charge in [0, 0.05) is 17.9 Å². The standard InChI is InChI=1S/C21H26N2O/c1-21(2,3)17-8-12-19(13-9-17)23-14-4-5-20(23)16-6-10-18(11-7-16)22-15-24/h6-13,15,20H,4-5,14H2,1-3H3,(H,22,24)/t20-/m1/s1. The topological polar surface area (TPSA) is 32.3 Å². The Labute approximate surface area is 144 Å². The summed E-state index contributed by atoms with van der Waals surface area (Å²) in [5.74, 6) is 0. The van der Waals surface area contributed by atoms with Crippen LogP contribution in [-0.2, 0) is 10.2 Å². The van der Waals surface area contributed by atoms with Crippen molar-refractivity contribution in [3.05, 3.63) is 59.7 Å². The summed E-state index contributed by atoms with van der Waals surface area (Å²) in [7, 11) is 0. The number of hydrogen-bond donors (Lipinski definition) is 1. The first kappa shape index (κ1) is 16.6. The van der Waals surface area contributed by atoms with Crippen LogP contribution in [0.3, 0.4) is 0 Å². The number of anilines is 2. The van der Waals surface area contributed by atoms with E-state index in [0.717, 1.165) is 12.2 Å². The van der Waals surface area contributed by atoms with Crippen LogP contribution in [0.4, 0.5) is 11.4 Å². The van der Waals surface area contributed by atoms with Crippen molar-refractivity contribution in [3.63, 3.8) is 0 Å². The summed E-state index contributed by atoms with van der Waals surface area (Å²) in [5, 5.41) is 2.69. The van der Waals surface area contributed by atoms with Crippen molar-refractivity contribution in [2.45, 2.75) is 45.1 Å². The largest absolute Gasteiger partial charge is 0.364 e. The molecule has 1 amide bonds. The van der Waals surface area contributed by atoms with Gasteiger partial charge < -0.3 is 10.2 Å². The SMILES string of the molecule is CC(C)(C)c1ccc(N2CCC[C@@H]2c2ccc(NC=O)cc2)cc1. The summed E-state index contributed by atoms with van der Waals surface area (Å²) >= 11 is 0. The van der Waals surface area contributed by atoms with Gasteiger partial charge in [-0.05, 0) is 53.6 Å². The van der Waals surface area contributed by atoms with Crippen molar-refractivity contribution in [1.82, 2.24) is 0 Å². The summed E-state index contributed by atoms with van der Waals surface area (Å²) in [5.41, 5.74) is 4.99. The summed E-state index contributed by atoms with van der Waals surface area (Å²) < 4.78 is 0. The molecular weight excluding hydrogens is 296 g/mol. The number of carbonyl (C=O) groups excluding carboxylic acids is 1. The first-order valence-corrected chi connectivity index (χ1v) is 8.66. The molecule has 0 aromatic heterocycles. The summed E-state index contributed by atoms with van der Waals surface area (Å²) in [6.07, 6.45) is 3.09. The predicted molar refractivity (Wildman–Crippen MR) is 101 cm³/mol. The number of nitrogens with zero attached hydrogens (tertiary/aromatic N) is 1. The van der Waals surface area contributed by atoms with Crippen LogP contribution in [0.15, 0.2) is 48.5 Å². The molecule has 0 saturated carbocycles. The molecule has 1 atom stereocenters. The highest BCUT2D eigenvalue weighted by Crippen LogP contribution is 2.37. The van der Waals surface area contributed by atoms with Crippen LogP contribution >= 0.6 is 0 Å². The zero-order valence-corrected chi connectivity index (χ0v) is 14.8. The third kappa shape index (κ3) is 3.45. The number of nitrogens with one attached hydrogen (secondary N) is 1. The van der Waals surface area contributed by atoms with E-state index in [1.165, 1.54) is 29.7 Å². The number of benzene rings is 2. The van der Waals surface area contributed by atoms with Crippen molar-refractivity contribution in [1.29, 1.82) is 0 Å². The molecule has 126 valence electrons. The third-order valence-electron chi connectivity index (χ3n) is 4.84. The average molecular weight is 322 g/mol. The van der Waals surface area contributed by atoms with Crippen molar-refractivity contribution >= 4 is 17.8 Å². The van der Waals surface area contributed by atoms with E-state index < -0.39 is 0 Å². The molecule has 3 heteroatoms. The molecule has 0 radical (unpaired) electrons. The minimum atomic E-state index is 0.185. The zero-order chi connectivity index (χ0) is 17.2. The van der Waals surface area contributed by atoms with Gasteiger partial charge >= 0.3 is 0 Å². The van der Waals surface area contributed by atoms with Gasteiger partial charge in [-0.15, -0.1) is 0 Å². The van der Waals surface area contributed by atoms with E-state index in [9.17, 15) is 4.79 Å². The fourth-order valence-corrected chi connectivity index (χ4v) is 3.44. The molecule has 1 aliphatic rings. The molecule has 1 fully saturated rings. The van der Waals surface area contributed by atoms with Gasteiger partial charge in [0.1, 0.15) is 0 Å². The van der Waals surface area contributed by atoms with Crippen LogP contribution < -0.4 is 10.2 Å². The molecule has 1 saturated heterocycles. The van der Waals surface area contributed by atoms with Gasteiger partial charge in [0.2, 0.25) is 6.41 Å². The lowest BCUT2D eigenvalue weighted by Gasteiger charge is -2.28. The Kier molecular flexibility index (Phi) is 4.61. The highest BCUT2D eigenvalue weighted by Gasteiger charge is 2.26. The Morgan fingerprint density at radius 2 is 1.71 bits per heavy atom. The molecule has 2 aromatic carbocycles. The molecular formula is C21H26N2O. The van der Waals surface area contributed by atoms with Gasteiger partial charge in [0.25, 0.3) is 0 Å². The monoisotopic (exact) mass is 322 g/mol. The van der Waals surface area contributed by atoms with E-state index in [2.05, 4.69) is 67.4 Å². The number of hydrogen-bond acceptors (Lipinski definition) is 2. The van der Waals surface area contributed by atoms with E-state index in [-0.39, 0.29) is 5.41 Å². The smallest absolute Gasteiger partial charge is 0.211 e. The highest BCUT2D eigenvalue weighted by molar-refractivity contribution is 5.71. The van der Waals surface area contributed by atoms with Gasteiger partial charge in [-0.25, -0.2) is 0 Å². The van der Waals surface area contributed by atoms with Crippen molar-refractivity contribution in [2.24, 2.45) is 0 Å². The second kappa shape index (κ2) is 6.68. The second-order valence-electron chi connectivity index (χ2n) is 7.53. The molecule has 1 heterocycles. The van der Waals surface area contributed by atoms with Crippen molar-refractivity contribution < 1.29 is 4.79 Å². The van der Waals surface area contributed by atoms with Crippen LogP contribution in [0.5, 0.6) is 0 Å². The van der Waals surface area contributed by atoms with Crippen LogP contribution in [-0.4, -0.2) is 13.0 Å². The van der Waals surface area contributed by atoms with Crippen LogP contribution in [0.1, 0.15) is 50.8 Å². The summed E-state index contributed by atoms with van der Waals surface area (Å²) in [6, 6.07) is 17.6. The number of amides is 1. The zero-order valence-electron chi connectivity index (χ0n) is 14.8. The lowest BCUT2D eigenvalue weighted by molar-refractivity contribution is -0.105. The highest BCUT2D eigenvalue weighted by atomic mass is 16.1. The number of carbonyl (C=O) groups is 1. The van der Waals surface area contributed by atoms with Gasteiger partial charge in [0.05, 0.1) is 6.04 Å². The van der Waals surface area contributed by atoms with E-state index >= 15 is 0 Å². The minimum absolute atomic E-state index is 0.185.